The molecule has 0 aliphatic carbocycles. The van der Waals surface area contributed by atoms with E-state index in [9.17, 15) is 35.1 Å². The molecular weight excluding hydrogens is 685 g/mol. The van der Waals surface area contributed by atoms with Crippen LogP contribution in [0.4, 0.5) is 69.2 Å². The van der Waals surface area contributed by atoms with E-state index in [1.165, 1.54) is 48.5 Å². The van der Waals surface area contributed by atoms with Crippen LogP contribution in [-0.4, -0.2) is 11.5 Å². The molecule has 6 nitrogen and oxygen atoms in total. The van der Waals surface area contributed by atoms with E-state index in [0.29, 0.717) is 47.7 Å². The van der Waals surface area contributed by atoms with Gasteiger partial charge in [-0.3, -0.25) is 0 Å². The van der Waals surface area contributed by atoms with Crippen LogP contribution in [0, 0.1) is 46.5 Å². The molecule has 0 saturated heterocycles. The highest BCUT2D eigenvalue weighted by molar-refractivity contribution is 7.99. The second kappa shape index (κ2) is 17.3. The summed E-state index contributed by atoms with van der Waals surface area (Å²) >= 11 is 1.36. The fourth-order valence-corrected chi connectivity index (χ4v) is 5.91. The first-order valence-corrected chi connectivity index (χ1v) is 16.5. The summed E-state index contributed by atoms with van der Waals surface area (Å²) in [5, 5.41) is 22.1. The Bertz CT molecular complexity index is 1640. The summed E-state index contributed by atoms with van der Waals surface area (Å²) < 4.78 is 115. The molecule has 0 aliphatic rings. The first kappa shape index (κ1) is 36.7. The van der Waals surface area contributed by atoms with Crippen molar-refractivity contribution in [1.29, 1.82) is 0 Å². The Kier molecular flexibility index (Phi) is 13.2. The second-order valence-electron chi connectivity index (χ2n) is 9.90. The smallest absolute Gasteiger partial charge is 0.190 e. The zero-order valence-corrected chi connectivity index (χ0v) is 27.0. The summed E-state index contributed by atoms with van der Waals surface area (Å²) in [7, 11) is 0. The molecule has 0 atom stereocenters. The van der Waals surface area contributed by atoms with E-state index >= 15 is 0 Å². The van der Waals surface area contributed by atoms with Crippen LogP contribution in [-0.2, 0) is 0 Å². The van der Waals surface area contributed by atoms with E-state index in [4.69, 9.17) is 0 Å². The molecule has 4 rings (SSSR count). The Balaban J connectivity index is 1.41. The standard InChI is InChI=1S/C32H26F8N6S2/c1-3-5-15-47-31-25(37)21(33)29(22(34)26(31)38)45-43-19-11-7-17(8-12-19)41-42-18-9-13-20(14-10-18)44-46-30-23(35)27(39)32(28(40)24(30)36)48-16-6-4-2/h7-14H,3-6,15-16H2,1-2H3. The van der Waals surface area contributed by atoms with Gasteiger partial charge in [0, 0.05) is 0 Å². The molecule has 4 aromatic rings. The van der Waals surface area contributed by atoms with Crippen molar-refractivity contribution in [2.24, 2.45) is 30.7 Å². The van der Waals surface area contributed by atoms with Crippen molar-refractivity contribution < 1.29 is 35.1 Å². The third kappa shape index (κ3) is 8.83. The largest absolute Gasteiger partial charge is 0.202 e. The van der Waals surface area contributed by atoms with Gasteiger partial charge in [0.05, 0.1) is 32.5 Å². The van der Waals surface area contributed by atoms with Crippen molar-refractivity contribution in [3.63, 3.8) is 0 Å². The maximum Gasteiger partial charge on any atom is 0.190 e. The lowest BCUT2D eigenvalue weighted by atomic mass is 10.2. The zero-order valence-electron chi connectivity index (χ0n) is 25.4. The van der Waals surface area contributed by atoms with E-state index in [0.717, 1.165) is 12.8 Å². The molecule has 0 aliphatic heterocycles. The molecule has 0 radical (unpaired) electrons. The Labute approximate surface area is 278 Å². The first-order valence-electron chi connectivity index (χ1n) is 14.5. The Morgan fingerprint density at radius 3 is 0.896 bits per heavy atom. The minimum absolute atomic E-state index is 0.0993. The molecule has 0 spiro atoms. The summed E-state index contributed by atoms with van der Waals surface area (Å²) in [5.41, 5.74) is -1.54. The highest BCUT2D eigenvalue weighted by Crippen LogP contribution is 2.38. The minimum atomic E-state index is -1.65. The Morgan fingerprint density at radius 1 is 0.396 bits per heavy atom. The Morgan fingerprint density at radius 2 is 0.646 bits per heavy atom. The van der Waals surface area contributed by atoms with Gasteiger partial charge in [-0.05, 0) is 72.9 Å². The van der Waals surface area contributed by atoms with Crippen molar-refractivity contribution in [2.45, 2.75) is 49.3 Å². The lowest BCUT2D eigenvalue weighted by Gasteiger charge is -2.08. The van der Waals surface area contributed by atoms with Gasteiger partial charge in [0.2, 0.25) is 0 Å². The zero-order chi connectivity index (χ0) is 34.8. The van der Waals surface area contributed by atoms with E-state index < -0.39 is 67.7 Å². The van der Waals surface area contributed by atoms with Gasteiger partial charge in [0.15, 0.2) is 57.9 Å². The van der Waals surface area contributed by atoms with Gasteiger partial charge in [-0.2, -0.15) is 20.5 Å². The summed E-state index contributed by atoms with van der Waals surface area (Å²) in [6.45, 7) is 3.73. The van der Waals surface area contributed by atoms with Crippen LogP contribution in [0.3, 0.4) is 0 Å². The molecule has 16 heteroatoms. The molecule has 0 amide bonds. The minimum Gasteiger partial charge on any atom is -0.202 e. The molecule has 252 valence electrons. The third-order valence-electron chi connectivity index (χ3n) is 6.40. The fraction of sp³-hybridized carbons (Fsp3) is 0.250. The Hall–Kier alpha value is -4.18. The number of benzene rings is 4. The molecule has 0 bridgehead atoms. The lowest BCUT2D eigenvalue weighted by molar-refractivity contribution is 0.428. The molecule has 48 heavy (non-hydrogen) atoms. The predicted octanol–water partition coefficient (Wildman–Crippen LogP) is 13.8. The van der Waals surface area contributed by atoms with Crippen LogP contribution >= 0.6 is 23.5 Å². The van der Waals surface area contributed by atoms with Gasteiger partial charge >= 0.3 is 0 Å². The van der Waals surface area contributed by atoms with Crippen molar-refractivity contribution in [3.05, 3.63) is 95.1 Å². The number of halogens is 8. The van der Waals surface area contributed by atoms with E-state index in [-0.39, 0.29) is 22.9 Å². The summed E-state index contributed by atoms with van der Waals surface area (Å²) in [6, 6.07) is 11.3. The topological polar surface area (TPSA) is 74.2 Å². The van der Waals surface area contributed by atoms with Crippen molar-refractivity contribution in [3.8, 4) is 0 Å². The van der Waals surface area contributed by atoms with Gasteiger partial charge in [-0.1, -0.05) is 26.7 Å². The van der Waals surface area contributed by atoms with Crippen LogP contribution in [0.25, 0.3) is 0 Å². The first-order chi connectivity index (χ1) is 23.1. The SMILES string of the molecule is CCCCSc1c(F)c(F)c(N=Nc2ccc(N=Nc3ccc(N=Nc4c(F)c(F)c(SCCCC)c(F)c4F)cc3)cc2)c(F)c1F. The molecule has 0 N–H and O–H groups in total. The molecule has 0 heterocycles. The molecule has 4 aromatic carbocycles. The molecular formula is C32H26F8N6S2. The average molecular weight is 711 g/mol. The molecule has 0 saturated carbocycles. The van der Waals surface area contributed by atoms with Crippen LogP contribution < -0.4 is 0 Å². The number of hydrogen-bond donors (Lipinski definition) is 0. The highest BCUT2D eigenvalue weighted by atomic mass is 32.2. The summed E-state index contributed by atoms with van der Waals surface area (Å²) in [6.07, 6.45) is 2.71. The molecule has 0 fully saturated rings. The van der Waals surface area contributed by atoms with Crippen LogP contribution in [0.2, 0.25) is 0 Å². The van der Waals surface area contributed by atoms with E-state index in [2.05, 4.69) is 30.7 Å². The van der Waals surface area contributed by atoms with Crippen molar-refractivity contribution >= 4 is 57.6 Å². The van der Waals surface area contributed by atoms with Crippen LogP contribution in [0.15, 0.2) is 89.0 Å². The summed E-state index contributed by atoms with van der Waals surface area (Å²) in [4.78, 5) is -1.49. The normalized spacial score (nSPS) is 12.0. The van der Waals surface area contributed by atoms with E-state index in [1.54, 1.807) is 0 Å². The van der Waals surface area contributed by atoms with Crippen LogP contribution in [0.1, 0.15) is 39.5 Å². The van der Waals surface area contributed by atoms with Gasteiger partial charge in [0.25, 0.3) is 0 Å². The maximum absolute atomic E-state index is 14.5. The third-order valence-corrected chi connectivity index (χ3v) is 8.68. The number of thioether (sulfide) groups is 2. The quantitative estimate of drug-likeness (QED) is 0.0429. The predicted molar refractivity (Wildman–Crippen MR) is 169 cm³/mol. The van der Waals surface area contributed by atoms with Gasteiger partial charge in [-0.25, -0.2) is 35.1 Å². The number of nitrogens with zero attached hydrogens (tertiary/aromatic N) is 6. The molecule has 0 unspecified atom stereocenters. The second-order valence-corrected chi connectivity index (χ2v) is 12.1. The van der Waals surface area contributed by atoms with Gasteiger partial charge in [-0.15, -0.1) is 33.8 Å². The number of rotatable bonds is 14. The average Bonchev–Trinajstić information content (AvgIpc) is 3.09. The van der Waals surface area contributed by atoms with Crippen molar-refractivity contribution in [2.75, 3.05) is 11.5 Å². The number of unbranched alkanes of at least 4 members (excludes halogenated alkanes) is 2. The van der Waals surface area contributed by atoms with E-state index in [1.807, 2.05) is 13.8 Å². The fourth-order valence-electron chi connectivity index (χ4n) is 3.77. The summed E-state index contributed by atoms with van der Waals surface area (Å²) in [5.74, 6) is -12.2. The highest BCUT2D eigenvalue weighted by Gasteiger charge is 2.27. The molecule has 0 aromatic heterocycles. The maximum atomic E-state index is 14.5. The van der Waals surface area contributed by atoms with Crippen molar-refractivity contribution in [1.82, 2.24) is 0 Å². The monoisotopic (exact) mass is 710 g/mol. The number of azo groups is 3. The van der Waals surface area contributed by atoms with Crippen LogP contribution in [0.5, 0.6) is 0 Å². The van der Waals surface area contributed by atoms with Gasteiger partial charge < -0.3 is 0 Å². The lowest BCUT2D eigenvalue weighted by Crippen LogP contribution is -1.99. The van der Waals surface area contributed by atoms with Gasteiger partial charge in [0.1, 0.15) is 0 Å². The number of hydrogen-bond acceptors (Lipinski definition) is 8.